The van der Waals surface area contributed by atoms with Crippen molar-refractivity contribution in [2.45, 2.75) is 188 Å². The second-order valence-corrected chi connectivity index (χ2v) is 24.5. The summed E-state index contributed by atoms with van der Waals surface area (Å²) < 4.78 is 30.1. The number of benzene rings is 7. The third-order valence-electron chi connectivity index (χ3n) is 17.0. The fourth-order valence-electron chi connectivity index (χ4n) is 12.8. The Labute approximate surface area is 496 Å². The monoisotopic (exact) mass is 1170 g/mol. The average Bonchev–Trinajstić information content (AvgIpc) is 2.32. The lowest BCUT2D eigenvalue weighted by Gasteiger charge is -2.26. The Bertz CT molecular complexity index is 3910. The topological polar surface area (TPSA) is 89.1 Å². The molecule has 1 aliphatic heterocycles. The molecule has 0 bridgehead atoms. The zero-order valence-electron chi connectivity index (χ0n) is 48.0. The molecule has 0 unspecified atom stereocenters. The van der Waals surface area contributed by atoms with Gasteiger partial charge in [0.05, 0.1) is 60.4 Å². The van der Waals surface area contributed by atoms with E-state index in [4.69, 9.17) is 75.3 Å². The summed E-state index contributed by atoms with van der Waals surface area (Å²) in [6.07, 6.45) is 28.0. The zero-order chi connectivity index (χ0) is 56.1. The fourth-order valence-corrected chi connectivity index (χ4v) is 14.0. The molecule has 13 heteroatoms. The van der Waals surface area contributed by atoms with Gasteiger partial charge in [0, 0.05) is 93.0 Å². The molecule has 7 aromatic carbocycles. The normalized spacial score (nSPS) is 12.6. The first kappa shape index (κ1) is 57.6. The Balaban J connectivity index is 1.01. The minimum absolute atomic E-state index is 0.247. The molecule has 0 saturated heterocycles. The number of aromatic nitrogens is 4. The molecular formula is C68H78Cl4N4O5. The number of pyridine rings is 1. The molecule has 1 aliphatic rings. The number of rotatable bonds is 32. The Hall–Kier alpha value is -5.19. The lowest BCUT2D eigenvalue weighted by molar-refractivity contribution is 0.259. The van der Waals surface area contributed by atoms with Crippen molar-refractivity contribution in [2.24, 2.45) is 0 Å². The number of hydrogen-bond acceptors (Lipinski definition) is 7. The van der Waals surface area contributed by atoms with Crippen LogP contribution in [0.2, 0.25) is 20.1 Å². The molecule has 11 rings (SSSR count). The van der Waals surface area contributed by atoms with Crippen LogP contribution in [0.25, 0.3) is 93.0 Å². The molecular weight excluding hydrogens is 1090 g/mol. The van der Waals surface area contributed by atoms with Gasteiger partial charge in [-0.05, 0) is 60.9 Å². The van der Waals surface area contributed by atoms with E-state index in [1.165, 1.54) is 103 Å². The molecule has 0 atom stereocenters. The number of nitrogens with zero attached hydrogens (tertiary/aromatic N) is 4. The molecule has 3 aromatic heterocycles. The molecule has 0 N–H and O–H groups in total. The van der Waals surface area contributed by atoms with Gasteiger partial charge in [-0.3, -0.25) is 9.20 Å². The van der Waals surface area contributed by atoms with Crippen molar-refractivity contribution in [1.82, 2.24) is 18.9 Å². The van der Waals surface area contributed by atoms with Crippen molar-refractivity contribution in [3.8, 4) is 34.4 Å². The number of ether oxygens (including phenoxy) is 4. The SMILES string of the molecule is CCCCCCCCOc1cc2nc3n(c2cc1OCCCCCCCC)Cc1cc(Cl)c2c4c(Cl)cc5c6c(cc(Cl)c(c7c(Cl)cc-3c1c72)c46)c(=O)n1c2cc(OCCCCCCCC)c(OCCCCCCCC)cc2nc51. The van der Waals surface area contributed by atoms with Gasteiger partial charge in [0.1, 0.15) is 11.5 Å². The first-order chi connectivity index (χ1) is 39.7. The minimum Gasteiger partial charge on any atom is -0.490 e. The number of unbranched alkanes of at least 4 members (excludes halogenated alkanes) is 20. The van der Waals surface area contributed by atoms with Crippen molar-refractivity contribution in [2.75, 3.05) is 26.4 Å². The largest absolute Gasteiger partial charge is 0.490 e. The van der Waals surface area contributed by atoms with Gasteiger partial charge in [-0.1, -0.05) is 203 Å². The van der Waals surface area contributed by atoms with Crippen molar-refractivity contribution >= 4 is 128 Å². The summed E-state index contributed by atoms with van der Waals surface area (Å²) in [4.78, 5) is 25.9. The molecule has 428 valence electrons. The summed E-state index contributed by atoms with van der Waals surface area (Å²) in [5.41, 5.74) is 5.15. The summed E-state index contributed by atoms with van der Waals surface area (Å²) in [6, 6.07) is 15.8. The lowest BCUT2D eigenvalue weighted by atomic mass is 9.84. The van der Waals surface area contributed by atoms with E-state index in [2.05, 4.69) is 44.4 Å². The molecule has 0 radical (unpaired) electrons. The molecule has 9 nitrogen and oxygen atoms in total. The van der Waals surface area contributed by atoms with Gasteiger partial charge >= 0.3 is 0 Å². The Morgan fingerprint density at radius 1 is 0.407 bits per heavy atom. The number of imidazole rings is 2. The highest BCUT2D eigenvalue weighted by Crippen LogP contribution is 2.55. The quantitative estimate of drug-likeness (QED) is 0.0236. The molecule has 0 fully saturated rings. The van der Waals surface area contributed by atoms with Gasteiger partial charge in [-0.2, -0.15) is 0 Å². The van der Waals surface area contributed by atoms with Gasteiger partial charge in [0.2, 0.25) is 0 Å². The van der Waals surface area contributed by atoms with Gasteiger partial charge in [0.15, 0.2) is 23.0 Å². The van der Waals surface area contributed by atoms with Crippen LogP contribution in [-0.4, -0.2) is 45.4 Å². The van der Waals surface area contributed by atoms with Crippen LogP contribution in [0.3, 0.4) is 0 Å². The molecule has 10 aromatic rings. The van der Waals surface area contributed by atoms with Gasteiger partial charge < -0.3 is 23.5 Å². The van der Waals surface area contributed by atoms with Crippen LogP contribution in [0.4, 0.5) is 0 Å². The van der Waals surface area contributed by atoms with Crippen LogP contribution >= 0.6 is 46.4 Å². The van der Waals surface area contributed by atoms with E-state index in [0.717, 1.165) is 118 Å². The highest BCUT2D eigenvalue weighted by Gasteiger charge is 2.32. The van der Waals surface area contributed by atoms with E-state index < -0.39 is 0 Å². The smallest absolute Gasteiger partial charge is 0.264 e. The first-order valence-corrected chi connectivity index (χ1v) is 32.3. The zero-order valence-corrected chi connectivity index (χ0v) is 51.0. The number of hydrogen-bond donors (Lipinski definition) is 0. The molecule has 0 spiro atoms. The van der Waals surface area contributed by atoms with Crippen LogP contribution in [0.1, 0.15) is 187 Å². The molecule has 0 saturated carbocycles. The number of halogens is 4. The van der Waals surface area contributed by atoms with Crippen molar-refractivity contribution in [1.29, 1.82) is 0 Å². The number of fused-ring (bicyclic) bond motifs is 10. The van der Waals surface area contributed by atoms with E-state index in [-0.39, 0.29) is 5.56 Å². The Morgan fingerprint density at radius 2 is 0.802 bits per heavy atom. The molecule has 0 amide bonds. The fraction of sp³-hybridized carbons (Fsp3) is 0.485. The maximum Gasteiger partial charge on any atom is 0.264 e. The maximum absolute atomic E-state index is 15.3. The van der Waals surface area contributed by atoms with Crippen LogP contribution in [0, 0.1) is 0 Å². The summed E-state index contributed by atoms with van der Waals surface area (Å²) >= 11 is 30.5. The highest BCUT2D eigenvalue weighted by atomic mass is 35.5. The van der Waals surface area contributed by atoms with Crippen molar-refractivity contribution in [3.05, 3.63) is 84.5 Å². The van der Waals surface area contributed by atoms with E-state index in [1.54, 1.807) is 10.5 Å². The van der Waals surface area contributed by atoms with Crippen molar-refractivity contribution in [3.63, 3.8) is 0 Å². The summed E-state index contributed by atoms with van der Waals surface area (Å²) in [6.45, 7) is 11.8. The second kappa shape index (κ2) is 26.2. The van der Waals surface area contributed by atoms with E-state index in [1.807, 2.05) is 30.3 Å². The molecule has 81 heavy (non-hydrogen) atoms. The van der Waals surface area contributed by atoms with Crippen LogP contribution in [0.15, 0.2) is 53.3 Å². The van der Waals surface area contributed by atoms with Gasteiger partial charge in [-0.25, -0.2) is 9.97 Å². The van der Waals surface area contributed by atoms with Gasteiger partial charge in [-0.15, -0.1) is 0 Å². The predicted molar refractivity (Wildman–Crippen MR) is 342 cm³/mol. The van der Waals surface area contributed by atoms with Crippen molar-refractivity contribution < 1.29 is 18.9 Å². The average molecular weight is 1170 g/mol. The minimum atomic E-state index is -0.247. The standard InChI is InChI=1S/C68H78Cl4N4O5/c1-5-9-13-17-21-25-29-78-54-37-50-52(39-56(54)80-31-27-23-19-15-11-7-3)75-41-42-33-46(69)60-62-48(71)35-44-59-45(36-49(72)63(65(59)62)61-47(70)34-43(66(75)73-50)58(42)64(60)61)68(77)76-53-40-57(81-32-28-24-20-16-12-8-4)55(38-51(53)74-67(44)76)79-30-26-22-18-14-10-6-2/h33-40H,5-32,41H2,1-4H3. The van der Waals surface area contributed by atoms with E-state index >= 15 is 4.79 Å². The molecule has 4 heterocycles. The van der Waals surface area contributed by atoms with E-state index in [0.29, 0.717) is 108 Å². The summed E-state index contributed by atoms with van der Waals surface area (Å²) in [7, 11) is 0. The van der Waals surface area contributed by atoms with Crippen LogP contribution in [0.5, 0.6) is 23.0 Å². The third-order valence-corrected chi connectivity index (χ3v) is 18.2. The summed E-state index contributed by atoms with van der Waals surface area (Å²) in [5.74, 6) is 3.49. The lowest BCUT2D eigenvalue weighted by Crippen LogP contribution is -2.14. The summed E-state index contributed by atoms with van der Waals surface area (Å²) in [5, 5.41) is 9.20. The third kappa shape index (κ3) is 11.4. The van der Waals surface area contributed by atoms with E-state index in [9.17, 15) is 0 Å². The maximum atomic E-state index is 15.3. The highest BCUT2D eigenvalue weighted by molar-refractivity contribution is 6.55. The van der Waals surface area contributed by atoms with Crippen LogP contribution in [-0.2, 0) is 6.54 Å². The Morgan fingerprint density at radius 3 is 1.30 bits per heavy atom. The predicted octanol–water partition coefficient (Wildman–Crippen LogP) is 21.4. The van der Waals surface area contributed by atoms with Crippen LogP contribution < -0.4 is 24.5 Å². The Kier molecular flexibility index (Phi) is 18.6. The second-order valence-electron chi connectivity index (χ2n) is 22.9. The first-order valence-electron chi connectivity index (χ1n) is 30.8. The van der Waals surface area contributed by atoms with Gasteiger partial charge in [0.25, 0.3) is 5.56 Å². The molecule has 0 aliphatic carbocycles.